The minimum absolute atomic E-state index is 0.283. The number of nitrogens with zero attached hydrogens (tertiary/aromatic N) is 2. The second-order valence-corrected chi connectivity index (χ2v) is 5.74. The first-order valence-corrected chi connectivity index (χ1v) is 8.33. The van der Waals surface area contributed by atoms with Crippen LogP contribution in [0.15, 0.2) is 66.9 Å². The minimum atomic E-state index is -0.283. The van der Waals surface area contributed by atoms with Crippen molar-refractivity contribution in [1.29, 1.82) is 5.26 Å². The van der Waals surface area contributed by atoms with Crippen LogP contribution in [0.1, 0.15) is 21.5 Å². The van der Waals surface area contributed by atoms with E-state index in [1.165, 1.54) is 6.20 Å². The van der Waals surface area contributed by atoms with Crippen molar-refractivity contribution in [2.24, 2.45) is 0 Å². The lowest BCUT2D eigenvalue weighted by atomic mass is 10.2. The summed E-state index contributed by atoms with van der Waals surface area (Å²) in [5.41, 5.74) is 2.50. The fraction of sp³-hybridized carbons (Fsp3) is 0.0952. The van der Waals surface area contributed by atoms with E-state index < -0.39 is 0 Å². The van der Waals surface area contributed by atoms with Crippen LogP contribution in [0.2, 0.25) is 0 Å². The molecule has 0 radical (unpaired) electrons. The third kappa shape index (κ3) is 4.61. The highest BCUT2D eigenvalue weighted by Crippen LogP contribution is 2.18. The Kier molecular flexibility index (Phi) is 5.65. The Labute approximate surface area is 157 Å². The topological polar surface area (TPSA) is 87.0 Å². The summed E-state index contributed by atoms with van der Waals surface area (Å²) in [7, 11) is 1.64. The highest BCUT2D eigenvalue weighted by molar-refractivity contribution is 6.04. The van der Waals surface area contributed by atoms with Gasteiger partial charge in [0.05, 0.1) is 24.3 Å². The Balaban J connectivity index is 1.62. The summed E-state index contributed by atoms with van der Waals surface area (Å²) in [5, 5.41) is 14.9. The van der Waals surface area contributed by atoms with Crippen molar-refractivity contribution in [3.05, 3.63) is 83.6 Å². The Morgan fingerprint density at radius 1 is 1.15 bits per heavy atom. The molecule has 1 heterocycles. The summed E-state index contributed by atoms with van der Waals surface area (Å²) in [5.74, 6) is 1.18. The summed E-state index contributed by atoms with van der Waals surface area (Å²) in [6.45, 7) is 0.559. The van der Waals surface area contributed by atoms with Crippen molar-refractivity contribution < 1.29 is 9.53 Å². The highest BCUT2D eigenvalue weighted by atomic mass is 16.5. The second kappa shape index (κ2) is 8.50. The van der Waals surface area contributed by atoms with E-state index in [0.717, 1.165) is 11.3 Å². The number of anilines is 2. The van der Waals surface area contributed by atoms with E-state index >= 15 is 0 Å². The smallest absolute Gasteiger partial charge is 0.257 e. The van der Waals surface area contributed by atoms with Crippen molar-refractivity contribution >= 4 is 17.4 Å². The zero-order chi connectivity index (χ0) is 19.1. The predicted molar refractivity (Wildman–Crippen MR) is 104 cm³/mol. The zero-order valence-corrected chi connectivity index (χ0v) is 14.8. The second-order valence-electron chi connectivity index (χ2n) is 5.74. The first-order valence-electron chi connectivity index (χ1n) is 8.33. The summed E-state index contributed by atoms with van der Waals surface area (Å²) < 4.78 is 5.32. The Hall–Kier alpha value is -3.85. The van der Waals surface area contributed by atoms with Crippen LogP contribution in [-0.2, 0) is 6.54 Å². The van der Waals surface area contributed by atoms with Crippen LogP contribution in [0.4, 0.5) is 11.5 Å². The number of rotatable bonds is 6. The maximum absolute atomic E-state index is 12.3. The molecule has 0 saturated heterocycles. The van der Waals surface area contributed by atoms with Crippen LogP contribution in [0, 0.1) is 11.3 Å². The van der Waals surface area contributed by atoms with Crippen LogP contribution in [0.25, 0.3) is 0 Å². The molecule has 2 aromatic carbocycles. The molecular formula is C21H18N4O2. The largest absolute Gasteiger partial charge is 0.496 e. The van der Waals surface area contributed by atoms with Crippen LogP contribution >= 0.6 is 0 Å². The SMILES string of the molecule is COc1ccccc1CNc1ccc(C(=O)Nc2cccc(C#N)c2)cn1. The molecule has 0 atom stereocenters. The molecule has 27 heavy (non-hydrogen) atoms. The number of carbonyl (C=O) groups excluding carboxylic acids is 1. The fourth-order valence-electron chi connectivity index (χ4n) is 2.54. The number of nitriles is 1. The number of benzene rings is 2. The van der Waals surface area contributed by atoms with E-state index in [9.17, 15) is 4.79 Å². The number of carbonyl (C=O) groups is 1. The minimum Gasteiger partial charge on any atom is -0.496 e. The van der Waals surface area contributed by atoms with Crippen molar-refractivity contribution in [3.63, 3.8) is 0 Å². The first-order chi connectivity index (χ1) is 13.2. The molecule has 0 spiro atoms. The maximum atomic E-state index is 12.3. The van der Waals surface area contributed by atoms with Crippen molar-refractivity contribution in [1.82, 2.24) is 4.98 Å². The molecular weight excluding hydrogens is 340 g/mol. The van der Waals surface area contributed by atoms with Crippen molar-refractivity contribution in [2.75, 3.05) is 17.7 Å². The van der Waals surface area contributed by atoms with Gasteiger partial charge in [0, 0.05) is 24.0 Å². The first kappa shape index (κ1) is 18.0. The number of ether oxygens (including phenoxy) is 1. The molecule has 0 aliphatic carbocycles. The number of hydrogen-bond donors (Lipinski definition) is 2. The molecule has 0 fully saturated rings. The summed E-state index contributed by atoms with van der Waals surface area (Å²) >= 11 is 0. The van der Waals surface area contributed by atoms with E-state index in [1.54, 1.807) is 43.5 Å². The number of hydrogen-bond acceptors (Lipinski definition) is 5. The maximum Gasteiger partial charge on any atom is 0.257 e. The summed E-state index contributed by atoms with van der Waals surface area (Å²) in [6.07, 6.45) is 1.51. The average molecular weight is 358 g/mol. The number of para-hydroxylation sites is 1. The molecule has 3 aromatic rings. The van der Waals surface area contributed by atoms with E-state index in [4.69, 9.17) is 10.00 Å². The van der Waals surface area contributed by atoms with Gasteiger partial charge in [0.25, 0.3) is 5.91 Å². The van der Waals surface area contributed by atoms with Gasteiger partial charge in [-0.15, -0.1) is 0 Å². The molecule has 1 amide bonds. The fourth-order valence-corrected chi connectivity index (χ4v) is 2.54. The average Bonchev–Trinajstić information content (AvgIpc) is 2.73. The van der Waals surface area contributed by atoms with Gasteiger partial charge in [0.1, 0.15) is 11.6 Å². The quantitative estimate of drug-likeness (QED) is 0.699. The Morgan fingerprint density at radius 3 is 2.74 bits per heavy atom. The molecule has 0 aliphatic heterocycles. The monoisotopic (exact) mass is 358 g/mol. The zero-order valence-electron chi connectivity index (χ0n) is 14.8. The van der Waals surface area contributed by atoms with Gasteiger partial charge in [-0.2, -0.15) is 5.26 Å². The number of methoxy groups -OCH3 is 1. The third-order valence-electron chi connectivity index (χ3n) is 3.93. The van der Waals surface area contributed by atoms with Crippen molar-refractivity contribution in [3.8, 4) is 11.8 Å². The molecule has 6 nitrogen and oxygen atoms in total. The van der Waals surface area contributed by atoms with E-state index in [0.29, 0.717) is 29.2 Å². The van der Waals surface area contributed by atoms with Crippen LogP contribution in [0.5, 0.6) is 5.75 Å². The Morgan fingerprint density at radius 2 is 2.00 bits per heavy atom. The lowest BCUT2D eigenvalue weighted by molar-refractivity contribution is 0.102. The molecule has 134 valence electrons. The van der Waals surface area contributed by atoms with Crippen molar-refractivity contribution in [2.45, 2.75) is 6.54 Å². The van der Waals surface area contributed by atoms with Gasteiger partial charge < -0.3 is 15.4 Å². The lowest BCUT2D eigenvalue weighted by Gasteiger charge is -2.10. The number of nitrogens with one attached hydrogen (secondary N) is 2. The highest BCUT2D eigenvalue weighted by Gasteiger charge is 2.08. The lowest BCUT2D eigenvalue weighted by Crippen LogP contribution is -2.12. The molecule has 3 rings (SSSR count). The molecule has 1 aromatic heterocycles. The van der Waals surface area contributed by atoms with Gasteiger partial charge in [0.2, 0.25) is 0 Å². The van der Waals surface area contributed by atoms with Gasteiger partial charge in [-0.3, -0.25) is 4.79 Å². The standard InChI is InChI=1S/C21H18N4O2/c1-27-19-8-3-2-6-16(19)13-23-20-10-9-17(14-24-20)21(26)25-18-7-4-5-15(11-18)12-22/h2-11,14H,13H2,1H3,(H,23,24)(H,25,26). The molecule has 6 heteroatoms. The van der Waals surface area contributed by atoms with E-state index in [2.05, 4.69) is 15.6 Å². The van der Waals surface area contributed by atoms with Gasteiger partial charge >= 0.3 is 0 Å². The number of pyridine rings is 1. The van der Waals surface area contributed by atoms with Gasteiger partial charge in [0.15, 0.2) is 0 Å². The van der Waals surface area contributed by atoms with Crippen LogP contribution in [0.3, 0.4) is 0 Å². The predicted octanol–water partition coefficient (Wildman–Crippen LogP) is 3.83. The number of amides is 1. The third-order valence-corrected chi connectivity index (χ3v) is 3.93. The molecule has 0 aliphatic rings. The number of aromatic nitrogens is 1. The van der Waals surface area contributed by atoms with Gasteiger partial charge in [-0.1, -0.05) is 24.3 Å². The summed E-state index contributed by atoms with van der Waals surface area (Å²) in [4.78, 5) is 16.6. The van der Waals surface area contributed by atoms with Gasteiger partial charge in [-0.05, 0) is 36.4 Å². The van der Waals surface area contributed by atoms with Crippen LogP contribution < -0.4 is 15.4 Å². The normalized spacial score (nSPS) is 9.93. The molecule has 0 unspecified atom stereocenters. The van der Waals surface area contributed by atoms with Gasteiger partial charge in [-0.25, -0.2) is 4.98 Å². The summed E-state index contributed by atoms with van der Waals surface area (Å²) in [6, 6.07) is 20.0. The van der Waals surface area contributed by atoms with E-state index in [1.807, 2.05) is 30.3 Å². The Bertz CT molecular complexity index is 978. The molecule has 0 bridgehead atoms. The molecule has 2 N–H and O–H groups in total. The van der Waals surface area contributed by atoms with Crippen LogP contribution in [-0.4, -0.2) is 18.0 Å². The van der Waals surface area contributed by atoms with E-state index in [-0.39, 0.29) is 5.91 Å². The molecule has 0 saturated carbocycles.